The van der Waals surface area contributed by atoms with Crippen molar-refractivity contribution in [2.24, 2.45) is 0 Å². The first-order valence-corrected chi connectivity index (χ1v) is 6.81. The zero-order chi connectivity index (χ0) is 13.1. The molecule has 3 heterocycles. The topological polar surface area (TPSA) is 49.8 Å². The maximum atomic E-state index is 10.2. The van der Waals surface area contributed by atoms with Gasteiger partial charge in [-0.3, -0.25) is 4.90 Å². The maximum Gasteiger partial charge on any atom is 0.132 e. The van der Waals surface area contributed by atoms with E-state index in [1.54, 1.807) is 12.5 Å². The molecule has 2 unspecified atom stereocenters. The number of rotatable bonds is 5. The number of nitrogens with zero attached hydrogens (tertiary/aromatic N) is 1. The Labute approximate surface area is 112 Å². The Bertz CT molecular complexity index is 477. The minimum atomic E-state index is -0.516. The van der Waals surface area contributed by atoms with Crippen LogP contribution in [0.5, 0.6) is 0 Å². The van der Waals surface area contributed by atoms with Crippen molar-refractivity contribution in [1.29, 1.82) is 0 Å². The van der Waals surface area contributed by atoms with Crippen molar-refractivity contribution in [3.05, 3.63) is 48.3 Å². The van der Waals surface area contributed by atoms with E-state index in [1.807, 2.05) is 24.3 Å². The van der Waals surface area contributed by atoms with Gasteiger partial charge in [-0.25, -0.2) is 0 Å². The number of aliphatic hydroxyl groups is 1. The molecule has 0 bridgehead atoms. The summed E-state index contributed by atoms with van der Waals surface area (Å²) in [5, 5.41) is 10.2. The Kier molecular flexibility index (Phi) is 3.71. The van der Waals surface area contributed by atoms with E-state index in [-0.39, 0.29) is 0 Å². The molecule has 19 heavy (non-hydrogen) atoms. The van der Waals surface area contributed by atoms with Gasteiger partial charge in [-0.05, 0) is 50.1 Å². The summed E-state index contributed by atoms with van der Waals surface area (Å²) in [5.74, 6) is 1.64. The van der Waals surface area contributed by atoms with Crippen molar-refractivity contribution >= 4 is 0 Å². The van der Waals surface area contributed by atoms with Gasteiger partial charge in [0.2, 0.25) is 0 Å². The van der Waals surface area contributed by atoms with Gasteiger partial charge in [-0.1, -0.05) is 0 Å². The van der Waals surface area contributed by atoms with Gasteiger partial charge >= 0.3 is 0 Å². The van der Waals surface area contributed by atoms with E-state index in [1.165, 1.54) is 6.42 Å². The van der Waals surface area contributed by atoms with Crippen LogP contribution >= 0.6 is 0 Å². The standard InChI is InChI=1S/C15H19NO3/c17-14(15-6-3-9-19-15)10-12-4-1-7-16(12)11-13-5-2-8-18-13/h2-3,5-6,8-9,12,14,17H,1,4,7,10-11H2. The lowest BCUT2D eigenvalue weighted by Crippen LogP contribution is -2.30. The third kappa shape index (κ3) is 2.91. The molecule has 0 aliphatic carbocycles. The molecule has 1 N–H and O–H groups in total. The fraction of sp³-hybridized carbons (Fsp3) is 0.467. The van der Waals surface area contributed by atoms with Crippen LogP contribution in [0.3, 0.4) is 0 Å². The molecule has 4 heteroatoms. The van der Waals surface area contributed by atoms with Gasteiger partial charge < -0.3 is 13.9 Å². The zero-order valence-corrected chi connectivity index (χ0v) is 10.9. The number of hydrogen-bond donors (Lipinski definition) is 1. The summed E-state index contributed by atoms with van der Waals surface area (Å²) in [4.78, 5) is 2.38. The molecule has 2 aromatic heterocycles. The zero-order valence-electron chi connectivity index (χ0n) is 10.9. The fourth-order valence-corrected chi connectivity index (χ4v) is 2.83. The number of hydrogen-bond acceptors (Lipinski definition) is 4. The van der Waals surface area contributed by atoms with Crippen molar-refractivity contribution in [1.82, 2.24) is 4.90 Å². The summed E-state index contributed by atoms with van der Waals surface area (Å²) >= 11 is 0. The Hall–Kier alpha value is -1.52. The molecule has 0 amide bonds. The second-order valence-corrected chi connectivity index (χ2v) is 5.11. The summed E-state index contributed by atoms with van der Waals surface area (Å²) in [6.07, 6.45) is 5.81. The van der Waals surface area contributed by atoms with Crippen molar-refractivity contribution in [3.63, 3.8) is 0 Å². The summed E-state index contributed by atoms with van der Waals surface area (Å²) in [6.45, 7) is 1.89. The largest absolute Gasteiger partial charge is 0.468 e. The third-order valence-corrected chi connectivity index (χ3v) is 3.81. The Morgan fingerprint density at radius 1 is 1.26 bits per heavy atom. The monoisotopic (exact) mass is 261 g/mol. The van der Waals surface area contributed by atoms with Crippen molar-refractivity contribution < 1.29 is 13.9 Å². The highest BCUT2D eigenvalue weighted by molar-refractivity contribution is 5.03. The van der Waals surface area contributed by atoms with Gasteiger partial charge in [0.15, 0.2) is 0 Å². The lowest BCUT2D eigenvalue weighted by atomic mass is 10.1. The van der Waals surface area contributed by atoms with Gasteiger partial charge in [0.05, 0.1) is 19.1 Å². The molecule has 0 aromatic carbocycles. The molecule has 102 valence electrons. The molecule has 3 rings (SSSR count). The minimum Gasteiger partial charge on any atom is -0.468 e. The molecule has 1 fully saturated rings. The molecule has 0 spiro atoms. The second-order valence-electron chi connectivity index (χ2n) is 5.11. The highest BCUT2D eigenvalue weighted by Gasteiger charge is 2.28. The Morgan fingerprint density at radius 2 is 2.11 bits per heavy atom. The molecule has 0 radical (unpaired) electrons. The van der Waals surface area contributed by atoms with Crippen LogP contribution in [0.25, 0.3) is 0 Å². The molecule has 1 saturated heterocycles. The van der Waals surface area contributed by atoms with Crippen LogP contribution in [0.1, 0.15) is 36.9 Å². The van der Waals surface area contributed by atoms with Crippen molar-refractivity contribution in [2.75, 3.05) is 6.54 Å². The summed E-state index contributed by atoms with van der Waals surface area (Å²) in [5.41, 5.74) is 0. The average Bonchev–Trinajstić information content (AvgIpc) is 3.12. The molecular weight excluding hydrogens is 242 g/mol. The van der Waals surface area contributed by atoms with E-state index in [0.717, 1.165) is 25.3 Å². The molecule has 1 aliphatic heterocycles. The summed E-state index contributed by atoms with van der Waals surface area (Å²) in [6, 6.07) is 7.95. The molecule has 4 nitrogen and oxygen atoms in total. The molecule has 0 saturated carbocycles. The van der Waals surface area contributed by atoms with E-state index in [4.69, 9.17) is 8.83 Å². The smallest absolute Gasteiger partial charge is 0.132 e. The van der Waals surface area contributed by atoms with Crippen LogP contribution in [0.15, 0.2) is 45.6 Å². The van der Waals surface area contributed by atoms with Crippen LogP contribution in [0.4, 0.5) is 0 Å². The average molecular weight is 261 g/mol. The number of furan rings is 2. The van der Waals surface area contributed by atoms with Crippen molar-refractivity contribution in [2.45, 2.75) is 38.0 Å². The predicted molar refractivity (Wildman–Crippen MR) is 70.4 cm³/mol. The van der Waals surface area contributed by atoms with Gasteiger partial charge in [0.25, 0.3) is 0 Å². The first-order chi connectivity index (χ1) is 9.33. The van der Waals surface area contributed by atoms with E-state index in [0.29, 0.717) is 18.2 Å². The van der Waals surface area contributed by atoms with Crippen molar-refractivity contribution in [3.8, 4) is 0 Å². The number of aliphatic hydroxyl groups excluding tert-OH is 1. The van der Waals surface area contributed by atoms with Gasteiger partial charge in [0.1, 0.15) is 17.6 Å². The predicted octanol–water partition coefficient (Wildman–Crippen LogP) is 2.96. The van der Waals surface area contributed by atoms with Gasteiger partial charge in [0, 0.05) is 6.04 Å². The highest BCUT2D eigenvalue weighted by atomic mass is 16.4. The molecular formula is C15H19NO3. The normalized spacial score (nSPS) is 21.8. The highest BCUT2D eigenvalue weighted by Crippen LogP contribution is 2.28. The second kappa shape index (κ2) is 5.63. The van der Waals surface area contributed by atoms with E-state index in [9.17, 15) is 5.11 Å². The van der Waals surface area contributed by atoms with Crippen LogP contribution in [0, 0.1) is 0 Å². The van der Waals surface area contributed by atoms with E-state index < -0.39 is 6.10 Å². The third-order valence-electron chi connectivity index (χ3n) is 3.81. The molecule has 2 aromatic rings. The van der Waals surface area contributed by atoms with Crippen LogP contribution in [-0.2, 0) is 6.54 Å². The van der Waals surface area contributed by atoms with Gasteiger partial charge in [-0.2, -0.15) is 0 Å². The first-order valence-electron chi connectivity index (χ1n) is 6.81. The lowest BCUT2D eigenvalue weighted by molar-refractivity contribution is 0.0971. The molecule has 1 aliphatic rings. The van der Waals surface area contributed by atoms with E-state index >= 15 is 0 Å². The number of likely N-dealkylation sites (tertiary alicyclic amines) is 1. The van der Waals surface area contributed by atoms with Crippen LogP contribution in [0.2, 0.25) is 0 Å². The lowest BCUT2D eigenvalue weighted by Gasteiger charge is -2.24. The Balaban J connectivity index is 1.60. The van der Waals surface area contributed by atoms with E-state index in [2.05, 4.69) is 4.90 Å². The maximum absolute atomic E-state index is 10.2. The first kappa shape index (κ1) is 12.5. The SMILES string of the molecule is OC(CC1CCCN1Cc1ccco1)c1ccco1. The Morgan fingerprint density at radius 3 is 2.84 bits per heavy atom. The van der Waals surface area contributed by atoms with Gasteiger partial charge in [-0.15, -0.1) is 0 Å². The fourth-order valence-electron chi connectivity index (χ4n) is 2.83. The molecule has 2 atom stereocenters. The quantitative estimate of drug-likeness (QED) is 0.899. The van der Waals surface area contributed by atoms with Crippen LogP contribution < -0.4 is 0 Å². The summed E-state index contributed by atoms with van der Waals surface area (Å²) < 4.78 is 10.7. The minimum absolute atomic E-state index is 0.394. The van der Waals surface area contributed by atoms with Crippen LogP contribution in [-0.4, -0.2) is 22.6 Å². The summed E-state index contributed by atoms with van der Waals surface area (Å²) in [7, 11) is 0.